The van der Waals surface area contributed by atoms with Crippen LogP contribution in [0.1, 0.15) is 5.56 Å². The van der Waals surface area contributed by atoms with Gasteiger partial charge in [-0.2, -0.15) is 0 Å². The molecule has 20 heavy (non-hydrogen) atoms. The van der Waals surface area contributed by atoms with Crippen LogP contribution in [-0.4, -0.2) is 32.5 Å². The van der Waals surface area contributed by atoms with Crippen LogP contribution < -0.4 is 14.2 Å². The lowest BCUT2D eigenvalue weighted by Gasteiger charge is -2.12. The van der Waals surface area contributed by atoms with E-state index in [1.54, 1.807) is 52.1 Å². The second-order valence-corrected chi connectivity index (χ2v) is 3.92. The lowest BCUT2D eigenvalue weighted by Crippen LogP contribution is -1.94. The van der Waals surface area contributed by atoms with E-state index in [1.807, 2.05) is 12.1 Å². The molecule has 0 fully saturated rings. The average Bonchev–Trinajstić information content (AvgIpc) is 2.52. The standard InChI is InChI=1S/C15H16N2O3/c1-18-13-8-12(9-14(19-2)15(13)20-3)17-10-11-4-6-16-7-5-11/h4-10H,1-3H3. The highest BCUT2D eigenvalue weighted by molar-refractivity contribution is 5.82. The zero-order valence-corrected chi connectivity index (χ0v) is 11.7. The Kier molecular flexibility index (Phi) is 4.55. The molecule has 0 aliphatic rings. The zero-order valence-electron chi connectivity index (χ0n) is 11.7. The van der Waals surface area contributed by atoms with Crippen LogP contribution in [-0.2, 0) is 0 Å². The number of ether oxygens (including phenoxy) is 3. The van der Waals surface area contributed by atoms with Gasteiger partial charge in [-0.1, -0.05) is 0 Å². The first kappa shape index (κ1) is 13.9. The number of nitrogens with zero attached hydrogens (tertiary/aromatic N) is 2. The van der Waals surface area contributed by atoms with E-state index in [1.165, 1.54) is 0 Å². The Morgan fingerprint density at radius 3 is 2.05 bits per heavy atom. The summed E-state index contributed by atoms with van der Waals surface area (Å²) in [5, 5.41) is 0. The molecule has 1 aromatic heterocycles. The van der Waals surface area contributed by atoms with Crippen LogP contribution in [0.5, 0.6) is 17.2 Å². The Bertz CT molecular complexity index is 572. The number of aliphatic imine (C=N–C) groups is 1. The van der Waals surface area contributed by atoms with Gasteiger partial charge >= 0.3 is 0 Å². The van der Waals surface area contributed by atoms with Gasteiger partial charge in [0.1, 0.15) is 0 Å². The number of hydrogen-bond donors (Lipinski definition) is 0. The number of methoxy groups -OCH3 is 3. The number of rotatable bonds is 5. The SMILES string of the molecule is COc1cc(N=Cc2ccncc2)cc(OC)c1OC. The summed E-state index contributed by atoms with van der Waals surface area (Å²) in [5.41, 5.74) is 1.69. The molecule has 1 aromatic carbocycles. The third-order valence-electron chi connectivity index (χ3n) is 2.72. The normalized spacial score (nSPS) is 10.6. The zero-order chi connectivity index (χ0) is 14.4. The smallest absolute Gasteiger partial charge is 0.203 e. The molecule has 0 aliphatic heterocycles. The van der Waals surface area contributed by atoms with Gasteiger partial charge in [0.25, 0.3) is 0 Å². The molecule has 0 amide bonds. The molecule has 5 heteroatoms. The Morgan fingerprint density at radius 2 is 1.55 bits per heavy atom. The minimum atomic E-state index is 0.554. The first-order chi connectivity index (χ1) is 9.78. The first-order valence-electron chi connectivity index (χ1n) is 6.02. The molecule has 0 unspecified atom stereocenters. The molecule has 0 saturated heterocycles. The van der Waals surface area contributed by atoms with Crippen molar-refractivity contribution in [2.75, 3.05) is 21.3 Å². The Labute approximate surface area is 117 Å². The van der Waals surface area contributed by atoms with E-state index in [2.05, 4.69) is 9.98 Å². The third kappa shape index (κ3) is 3.06. The van der Waals surface area contributed by atoms with Crippen molar-refractivity contribution < 1.29 is 14.2 Å². The fraction of sp³-hybridized carbons (Fsp3) is 0.200. The van der Waals surface area contributed by atoms with Gasteiger partial charge in [-0.05, 0) is 17.7 Å². The maximum Gasteiger partial charge on any atom is 0.203 e. The van der Waals surface area contributed by atoms with Crippen molar-refractivity contribution >= 4 is 11.9 Å². The number of hydrogen-bond acceptors (Lipinski definition) is 5. The molecule has 1 heterocycles. The summed E-state index contributed by atoms with van der Waals surface area (Å²) in [6, 6.07) is 7.33. The summed E-state index contributed by atoms with van der Waals surface area (Å²) < 4.78 is 15.8. The van der Waals surface area contributed by atoms with Crippen LogP contribution in [0.25, 0.3) is 0 Å². The van der Waals surface area contributed by atoms with Crippen molar-refractivity contribution in [3.8, 4) is 17.2 Å². The van der Waals surface area contributed by atoms with Crippen molar-refractivity contribution in [2.45, 2.75) is 0 Å². The molecule has 0 bridgehead atoms. The maximum atomic E-state index is 5.28. The fourth-order valence-corrected chi connectivity index (χ4v) is 1.74. The van der Waals surface area contributed by atoms with Crippen molar-refractivity contribution in [1.29, 1.82) is 0 Å². The highest BCUT2D eigenvalue weighted by atomic mass is 16.5. The molecule has 0 aliphatic carbocycles. The summed E-state index contributed by atoms with van der Waals surface area (Å²) in [4.78, 5) is 8.36. The maximum absolute atomic E-state index is 5.28. The van der Waals surface area contributed by atoms with Gasteiger partial charge in [-0.15, -0.1) is 0 Å². The molecule has 2 aromatic rings. The molecule has 5 nitrogen and oxygen atoms in total. The van der Waals surface area contributed by atoms with Crippen LogP contribution in [0.2, 0.25) is 0 Å². The molecule has 0 atom stereocenters. The second kappa shape index (κ2) is 6.56. The topological polar surface area (TPSA) is 52.9 Å². The van der Waals surface area contributed by atoms with Crippen molar-refractivity contribution in [3.05, 3.63) is 42.2 Å². The minimum Gasteiger partial charge on any atom is -0.493 e. The van der Waals surface area contributed by atoms with Crippen LogP contribution >= 0.6 is 0 Å². The van der Waals surface area contributed by atoms with E-state index in [4.69, 9.17) is 14.2 Å². The van der Waals surface area contributed by atoms with E-state index in [0.717, 1.165) is 11.3 Å². The molecular formula is C15H16N2O3. The highest BCUT2D eigenvalue weighted by Gasteiger charge is 2.12. The second-order valence-electron chi connectivity index (χ2n) is 3.92. The van der Waals surface area contributed by atoms with Crippen LogP contribution in [0, 0.1) is 0 Å². The average molecular weight is 272 g/mol. The highest BCUT2D eigenvalue weighted by Crippen LogP contribution is 2.40. The molecule has 0 N–H and O–H groups in total. The van der Waals surface area contributed by atoms with Gasteiger partial charge in [0.15, 0.2) is 11.5 Å². The lowest BCUT2D eigenvalue weighted by atomic mass is 10.2. The van der Waals surface area contributed by atoms with Gasteiger partial charge in [0.2, 0.25) is 5.75 Å². The number of aromatic nitrogens is 1. The van der Waals surface area contributed by atoms with E-state index in [9.17, 15) is 0 Å². The summed E-state index contributed by atoms with van der Waals surface area (Å²) in [5.74, 6) is 1.71. The van der Waals surface area contributed by atoms with Crippen LogP contribution in [0.3, 0.4) is 0 Å². The summed E-state index contributed by atoms with van der Waals surface area (Å²) in [6.07, 6.45) is 5.19. The molecule has 0 spiro atoms. The summed E-state index contributed by atoms with van der Waals surface area (Å²) in [6.45, 7) is 0. The van der Waals surface area contributed by atoms with Gasteiger partial charge < -0.3 is 14.2 Å². The third-order valence-corrected chi connectivity index (χ3v) is 2.72. The van der Waals surface area contributed by atoms with E-state index in [-0.39, 0.29) is 0 Å². The molecule has 0 saturated carbocycles. The van der Waals surface area contributed by atoms with E-state index in [0.29, 0.717) is 17.2 Å². The minimum absolute atomic E-state index is 0.554. The monoisotopic (exact) mass is 272 g/mol. The van der Waals surface area contributed by atoms with Crippen molar-refractivity contribution in [3.63, 3.8) is 0 Å². The molecule has 2 rings (SSSR count). The van der Waals surface area contributed by atoms with Crippen molar-refractivity contribution in [1.82, 2.24) is 4.98 Å². The lowest BCUT2D eigenvalue weighted by molar-refractivity contribution is 0.324. The molecule has 0 radical (unpaired) electrons. The predicted octanol–water partition coefficient (Wildman–Crippen LogP) is 2.86. The van der Waals surface area contributed by atoms with Crippen LogP contribution in [0.4, 0.5) is 5.69 Å². The molecule has 104 valence electrons. The van der Waals surface area contributed by atoms with E-state index < -0.39 is 0 Å². The quantitative estimate of drug-likeness (QED) is 0.785. The molecular weight excluding hydrogens is 256 g/mol. The predicted molar refractivity (Wildman–Crippen MR) is 77.6 cm³/mol. The van der Waals surface area contributed by atoms with Gasteiger partial charge in [0, 0.05) is 30.7 Å². The van der Waals surface area contributed by atoms with Crippen LogP contribution in [0.15, 0.2) is 41.7 Å². The number of benzene rings is 1. The number of pyridine rings is 1. The summed E-state index contributed by atoms with van der Waals surface area (Å²) >= 11 is 0. The summed E-state index contributed by atoms with van der Waals surface area (Å²) in [7, 11) is 4.72. The largest absolute Gasteiger partial charge is 0.493 e. The van der Waals surface area contributed by atoms with Gasteiger partial charge in [0.05, 0.1) is 27.0 Å². The van der Waals surface area contributed by atoms with Crippen molar-refractivity contribution in [2.24, 2.45) is 4.99 Å². The van der Waals surface area contributed by atoms with Gasteiger partial charge in [-0.3, -0.25) is 9.98 Å². The Balaban J connectivity index is 2.35. The Hall–Kier alpha value is -2.56. The van der Waals surface area contributed by atoms with E-state index >= 15 is 0 Å². The Morgan fingerprint density at radius 1 is 0.950 bits per heavy atom. The van der Waals surface area contributed by atoms with Gasteiger partial charge in [-0.25, -0.2) is 0 Å². The fourth-order valence-electron chi connectivity index (χ4n) is 1.74. The first-order valence-corrected chi connectivity index (χ1v) is 6.02.